The Kier molecular flexibility index (Phi) is 4.46. The number of aliphatic carboxylic acids is 1. The van der Waals surface area contributed by atoms with Crippen LogP contribution in [0.1, 0.15) is 19.8 Å². The smallest absolute Gasteiger partial charge is 0.402 e. The van der Waals surface area contributed by atoms with E-state index in [9.17, 15) is 13.2 Å². The third kappa shape index (κ3) is 3.41. The van der Waals surface area contributed by atoms with Crippen LogP contribution in [-0.2, 0) is 19.4 Å². The second kappa shape index (κ2) is 4.66. The van der Waals surface area contributed by atoms with Gasteiger partial charge in [0.15, 0.2) is 0 Å². The van der Waals surface area contributed by atoms with Crippen molar-refractivity contribution in [2.45, 2.75) is 25.5 Å². The van der Waals surface area contributed by atoms with Crippen molar-refractivity contribution in [3.05, 3.63) is 0 Å². The van der Waals surface area contributed by atoms with Crippen LogP contribution >= 0.6 is 0 Å². The van der Waals surface area contributed by atoms with Crippen molar-refractivity contribution in [2.24, 2.45) is 0 Å². The van der Waals surface area contributed by atoms with Gasteiger partial charge in [0.05, 0.1) is 21.1 Å². The van der Waals surface area contributed by atoms with Crippen LogP contribution in [0.3, 0.4) is 0 Å². The molecule has 0 fully saturated rings. The molecule has 0 heterocycles. The highest BCUT2D eigenvalue weighted by Crippen LogP contribution is 2.28. The molecule has 0 aliphatic rings. The fourth-order valence-corrected chi connectivity index (χ4v) is 2.16. The fraction of sp³-hybridized carbons (Fsp3) is 0.875. The Morgan fingerprint density at radius 3 is 2.00 bits per heavy atom. The Morgan fingerprint density at radius 1 is 1.38 bits per heavy atom. The highest BCUT2D eigenvalue weighted by molar-refractivity contribution is 7.81. The van der Waals surface area contributed by atoms with Crippen LogP contribution in [0.15, 0.2) is 0 Å². The lowest BCUT2D eigenvalue weighted by molar-refractivity contribution is -0.935. The molecule has 0 saturated carbocycles. The van der Waals surface area contributed by atoms with Crippen LogP contribution in [0.2, 0.25) is 0 Å². The summed E-state index contributed by atoms with van der Waals surface area (Å²) in [6, 6.07) is 0. The number of nitrogens with zero attached hydrogens (tertiary/aromatic N) is 1. The van der Waals surface area contributed by atoms with Crippen LogP contribution in [0.25, 0.3) is 0 Å². The van der Waals surface area contributed by atoms with Crippen LogP contribution < -0.4 is 0 Å². The molecule has 0 radical (unpaired) electrons. The first-order chi connectivity index (χ1) is 6.96. The molecule has 0 aliphatic carbocycles. The largest absolute Gasteiger partial charge is 0.475 e. The Labute approximate surface area is 95.2 Å². The van der Waals surface area contributed by atoms with Crippen LogP contribution in [-0.4, -0.2) is 55.4 Å². The van der Waals surface area contributed by atoms with E-state index in [1.165, 1.54) is 21.1 Å². The van der Waals surface area contributed by atoms with E-state index >= 15 is 0 Å². The zero-order valence-corrected chi connectivity index (χ0v) is 10.6. The predicted molar refractivity (Wildman–Crippen MR) is 55.9 cm³/mol. The average Bonchev–Trinajstić information content (AvgIpc) is 1.98. The summed E-state index contributed by atoms with van der Waals surface area (Å²) in [5, 5.41) is 9.14. The van der Waals surface area contributed by atoms with Gasteiger partial charge in [-0.05, 0) is 6.42 Å². The molecule has 0 aliphatic heterocycles. The lowest BCUT2D eigenvalue weighted by Crippen LogP contribution is -2.64. The summed E-state index contributed by atoms with van der Waals surface area (Å²) in [4.78, 5) is 11.2. The van der Waals surface area contributed by atoms with Gasteiger partial charge in [0.1, 0.15) is 0 Å². The maximum atomic E-state index is 11.2. The molecule has 2 N–H and O–H groups in total. The van der Waals surface area contributed by atoms with Crippen molar-refractivity contribution >= 4 is 16.4 Å². The molecule has 0 aromatic heterocycles. The number of likely N-dealkylation sites (N-methyl/N-ethyl adjacent to an activating group) is 1. The van der Waals surface area contributed by atoms with Crippen LogP contribution in [0.5, 0.6) is 0 Å². The zero-order valence-electron chi connectivity index (χ0n) is 9.80. The first-order valence-electron chi connectivity index (χ1n) is 4.69. The normalized spacial score (nSPS) is 16.8. The Bertz CT molecular complexity index is 357. The quantitative estimate of drug-likeness (QED) is 0.397. The van der Waals surface area contributed by atoms with E-state index in [4.69, 9.17) is 9.66 Å². The third-order valence-corrected chi connectivity index (χ3v) is 2.74. The van der Waals surface area contributed by atoms with E-state index in [0.29, 0.717) is 6.42 Å². The summed E-state index contributed by atoms with van der Waals surface area (Å²) in [7, 11) is -0.385. The molecule has 0 amide bonds. The van der Waals surface area contributed by atoms with Gasteiger partial charge >= 0.3 is 22.1 Å². The van der Waals surface area contributed by atoms with Crippen molar-refractivity contribution in [1.29, 1.82) is 0 Å². The highest BCUT2D eigenvalue weighted by atomic mass is 32.3. The van der Waals surface area contributed by atoms with E-state index in [1.54, 1.807) is 6.92 Å². The number of carboxylic acids is 1. The molecule has 0 spiro atoms. The molecule has 0 aromatic carbocycles. The first kappa shape index (κ1) is 15.3. The van der Waals surface area contributed by atoms with Gasteiger partial charge < -0.3 is 5.11 Å². The van der Waals surface area contributed by atoms with Gasteiger partial charge in [-0.15, -0.1) is 0 Å². The number of hydrogen-bond donors (Lipinski definition) is 2. The van der Waals surface area contributed by atoms with E-state index in [2.05, 4.69) is 4.18 Å². The number of carboxylic acid groups (broad SMARTS) is 1. The van der Waals surface area contributed by atoms with Gasteiger partial charge in [0.2, 0.25) is 0 Å². The topological polar surface area (TPSA) is 101 Å². The van der Waals surface area contributed by atoms with E-state index in [0.717, 1.165) is 0 Å². The Hall–Kier alpha value is -0.700. The maximum Gasteiger partial charge on any atom is 0.402 e. The van der Waals surface area contributed by atoms with Gasteiger partial charge in [-0.1, -0.05) is 6.92 Å². The lowest BCUT2D eigenvalue weighted by Gasteiger charge is -2.40. The Balaban J connectivity index is 5.54. The molecule has 0 bridgehead atoms. The maximum absolute atomic E-state index is 11.2. The molecule has 1 atom stereocenters. The standard InChI is InChI=1S/C8H17NO6S/c1-5-6-8(7(10)11,9(2,3)4)15-16(12,13)14/h5-6H2,1-4H3,(H-,10,11,12,13,14)/p+1. The van der Waals surface area contributed by atoms with E-state index in [1.807, 2.05) is 0 Å². The summed E-state index contributed by atoms with van der Waals surface area (Å²) in [5.41, 5.74) is -2.01. The monoisotopic (exact) mass is 256 g/mol. The number of hydrogen-bond acceptors (Lipinski definition) is 4. The van der Waals surface area contributed by atoms with Gasteiger partial charge in [-0.3, -0.25) is 9.04 Å². The second-order valence-electron chi connectivity index (χ2n) is 4.36. The summed E-state index contributed by atoms with van der Waals surface area (Å²) < 4.78 is 34.2. The number of rotatable bonds is 6. The third-order valence-electron chi connectivity index (χ3n) is 2.25. The first-order valence-corrected chi connectivity index (χ1v) is 6.06. The molecule has 0 aromatic rings. The van der Waals surface area contributed by atoms with Gasteiger partial charge in [0.25, 0.3) is 0 Å². The van der Waals surface area contributed by atoms with Crippen molar-refractivity contribution < 1.29 is 31.5 Å². The summed E-state index contributed by atoms with van der Waals surface area (Å²) in [5.74, 6) is -1.43. The number of quaternary nitrogens is 1. The van der Waals surface area contributed by atoms with E-state index < -0.39 is 22.1 Å². The molecule has 7 nitrogen and oxygen atoms in total. The minimum Gasteiger partial charge on any atom is -0.475 e. The lowest BCUT2D eigenvalue weighted by atomic mass is 10.1. The van der Waals surface area contributed by atoms with Crippen molar-refractivity contribution in [2.75, 3.05) is 21.1 Å². The fourth-order valence-electron chi connectivity index (χ4n) is 1.43. The molecular weight excluding hydrogens is 238 g/mol. The van der Waals surface area contributed by atoms with Gasteiger partial charge in [-0.25, -0.2) is 4.79 Å². The SMILES string of the molecule is CCCC(OS(=O)(=O)O)(C(=O)O)[N+](C)(C)C. The van der Waals surface area contributed by atoms with Crippen molar-refractivity contribution in [1.82, 2.24) is 0 Å². The highest BCUT2D eigenvalue weighted by Gasteiger charge is 2.55. The molecule has 0 saturated heterocycles. The van der Waals surface area contributed by atoms with E-state index in [-0.39, 0.29) is 10.9 Å². The van der Waals surface area contributed by atoms with Gasteiger partial charge in [0, 0.05) is 6.42 Å². The van der Waals surface area contributed by atoms with Crippen LogP contribution in [0.4, 0.5) is 0 Å². The molecular formula is C8H18NO6S+. The van der Waals surface area contributed by atoms with Crippen molar-refractivity contribution in [3.8, 4) is 0 Å². The average molecular weight is 256 g/mol. The molecule has 96 valence electrons. The Morgan fingerprint density at radius 2 is 1.81 bits per heavy atom. The van der Waals surface area contributed by atoms with Crippen LogP contribution in [0, 0.1) is 0 Å². The predicted octanol–water partition coefficient (Wildman–Crippen LogP) is 0.0930. The summed E-state index contributed by atoms with van der Waals surface area (Å²) in [6.07, 6.45) is 0.364. The summed E-state index contributed by atoms with van der Waals surface area (Å²) in [6.45, 7) is 1.70. The van der Waals surface area contributed by atoms with Crippen molar-refractivity contribution in [3.63, 3.8) is 0 Å². The minimum absolute atomic E-state index is 0.0361. The molecule has 16 heavy (non-hydrogen) atoms. The molecule has 0 rings (SSSR count). The second-order valence-corrected chi connectivity index (χ2v) is 5.39. The molecule has 8 heteroatoms. The zero-order chi connectivity index (χ0) is 13.2. The summed E-state index contributed by atoms with van der Waals surface area (Å²) >= 11 is 0. The molecule has 1 unspecified atom stereocenters. The minimum atomic E-state index is -4.83. The van der Waals surface area contributed by atoms with Gasteiger partial charge in [-0.2, -0.15) is 12.6 Å². The number of carbonyl (C=O) groups is 1.